The summed E-state index contributed by atoms with van der Waals surface area (Å²) >= 11 is 0. The Morgan fingerprint density at radius 1 is 1.00 bits per heavy atom. The molecular formula is C20H24F3O6PS. The van der Waals surface area contributed by atoms with Crippen molar-refractivity contribution in [2.75, 3.05) is 20.6 Å². The minimum atomic E-state index is -5.78. The first-order chi connectivity index (χ1) is 14.4. The van der Waals surface area contributed by atoms with Crippen LogP contribution in [0.4, 0.5) is 13.2 Å². The van der Waals surface area contributed by atoms with Crippen molar-refractivity contribution in [3.63, 3.8) is 0 Å². The highest BCUT2D eigenvalue weighted by molar-refractivity contribution is 7.88. The molecule has 6 nitrogen and oxygen atoms in total. The molecule has 0 spiro atoms. The van der Waals surface area contributed by atoms with Gasteiger partial charge in [0.15, 0.2) is 5.75 Å². The summed E-state index contributed by atoms with van der Waals surface area (Å²) in [7, 11) is -2.92. The van der Waals surface area contributed by atoms with E-state index in [0.717, 1.165) is 5.92 Å². The van der Waals surface area contributed by atoms with Crippen LogP contribution in [0.1, 0.15) is 20.8 Å². The zero-order valence-corrected chi connectivity index (χ0v) is 19.5. The minimum Gasteiger partial charge on any atom is -0.496 e. The Bertz CT molecular complexity index is 997. The lowest BCUT2D eigenvalue weighted by molar-refractivity contribution is -0.0499. The number of hydrogen-bond donors (Lipinski definition) is 0. The Balaban J connectivity index is 0.000000785. The van der Waals surface area contributed by atoms with Crippen molar-refractivity contribution in [3.05, 3.63) is 30.3 Å². The largest absolute Gasteiger partial charge is 0.534 e. The fourth-order valence-electron chi connectivity index (χ4n) is 2.61. The maximum Gasteiger partial charge on any atom is 0.534 e. The van der Waals surface area contributed by atoms with E-state index in [2.05, 4.69) is 25.0 Å². The maximum atomic E-state index is 12.6. The minimum absolute atomic E-state index is 0.0766. The fraction of sp³-hybridized carbons (Fsp3) is 0.400. The van der Waals surface area contributed by atoms with Gasteiger partial charge in [-0.2, -0.15) is 21.6 Å². The molecule has 0 amide bonds. The third kappa shape index (κ3) is 5.74. The number of benzene rings is 2. The van der Waals surface area contributed by atoms with E-state index in [4.69, 9.17) is 14.2 Å². The predicted molar refractivity (Wildman–Crippen MR) is 115 cm³/mol. The van der Waals surface area contributed by atoms with Crippen LogP contribution in [-0.4, -0.2) is 34.5 Å². The van der Waals surface area contributed by atoms with Gasteiger partial charge in [-0.15, -0.1) is 0 Å². The summed E-state index contributed by atoms with van der Waals surface area (Å²) in [6.45, 7) is 6.50. The van der Waals surface area contributed by atoms with Gasteiger partial charge in [0.05, 0.1) is 25.1 Å². The molecule has 3 rings (SSSR count). The third-order valence-corrected chi connectivity index (χ3v) is 5.85. The quantitative estimate of drug-likeness (QED) is 0.344. The summed E-state index contributed by atoms with van der Waals surface area (Å²) in [4.78, 5) is 0. The topological polar surface area (TPSA) is 71.1 Å². The summed E-state index contributed by atoms with van der Waals surface area (Å²) in [5.41, 5.74) is -4.48. The molecule has 0 radical (unpaired) electrons. The molecule has 1 heterocycles. The zero-order chi connectivity index (χ0) is 23.4. The van der Waals surface area contributed by atoms with Crippen LogP contribution < -0.4 is 23.7 Å². The van der Waals surface area contributed by atoms with Gasteiger partial charge in [-0.1, -0.05) is 26.8 Å². The fourth-order valence-corrected chi connectivity index (χ4v) is 4.19. The molecule has 0 fully saturated rings. The summed E-state index contributed by atoms with van der Waals surface area (Å²) in [5.74, 6) is 1.60. The van der Waals surface area contributed by atoms with Crippen molar-refractivity contribution >= 4 is 24.0 Å². The molecule has 172 valence electrons. The van der Waals surface area contributed by atoms with Crippen LogP contribution in [0, 0.1) is 5.92 Å². The summed E-state index contributed by atoms with van der Waals surface area (Å²) in [6, 6.07) is 7.69. The highest BCUT2D eigenvalue weighted by Gasteiger charge is 2.49. The zero-order valence-electron chi connectivity index (χ0n) is 17.7. The molecule has 31 heavy (non-hydrogen) atoms. The second-order valence-electron chi connectivity index (χ2n) is 7.03. The first-order valence-electron chi connectivity index (χ1n) is 9.18. The Hall–Kier alpha value is -2.19. The van der Waals surface area contributed by atoms with Crippen molar-refractivity contribution in [1.82, 2.24) is 0 Å². The molecule has 1 atom stereocenters. The molecule has 1 aliphatic heterocycles. The number of hydrogen-bond acceptors (Lipinski definition) is 6. The van der Waals surface area contributed by atoms with Gasteiger partial charge in [-0.3, -0.25) is 0 Å². The number of rotatable bonds is 5. The van der Waals surface area contributed by atoms with Gasteiger partial charge in [0.1, 0.15) is 23.6 Å². The molecule has 1 unspecified atom stereocenters. The number of methoxy groups -OCH3 is 2. The van der Waals surface area contributed by atoms with E-state index in [1.165, 1.54) is 26.4 Å². The van der Waals surface area contributed by atoms with Gasteiger partial charge in [0.25, 0.3) is 0 Å². The molecule has 0 saturated heterocycles. The second kappa shape index (κ2) is 9.96. The van der Waals surface area contributed by atoms with E-state index in [1.807, 2.05) is 0 Å². The Morgan fingerprint density at radius 3 is 2.03 bits per heavy atom. The van der Waals surface area contributed by atoms with E-state index >= 15 is 0 Å². The first kappa shape index (κ1) is 25.1. The number of fused-ring (bicyclic) bond motifs is 1. The highest BCUT2D eigenvalue weighted by atomic mass is 32.2. The monoisotopic (exact) mass is 480 g/mol. The summed E-state index contributed by atoms with van der Waals surface area (Å²) in [6.07, 6.45) is 0.201. The van der Waals surface area contributed by atoms with Crippen LogP contribution in [-0.2, 0) is 10.1 Å². The van der Waals surface area contributed by atoms with Crippen molar-refractivity contribution in [1.29, 1.82) is 0 Å². The van der Waals surface area contributed by atoms with Gasteiger partial charge in [-0.05, 0) is 38.8 Å². The van der Waals surface area contributed by atoms with E-state index in [0.29, 0.717) is 22.6 Å². The molecule has 0 N–H and O–H groups in total. The Morgan fingerprint density at radius 2 is 1.55 bits per heavy atom. The van der Waals surface area contributed by atoms with Gasteiger partial charge in [0, 0.05) is 5.56 Å². The Labute approximate surface area is 181 Å². The standard InChI is InChI=1S/C16H14F3O6PS.C4H10/c1-22-10-4-3-5-11(23-2)13(10)9-6-7-12(15-14(9)24-8-26-15)25-27(20,21)16(17,18)19;1-4(2)3/h3-7,26H,8H2,1-2H3;4H,1-3H3. The van der Waals surface area contributed by atoms with Crippen molar-refractivity contribution in [3.8, 4) is 34.1 Å². The highest BCUT2D eigenvalue weighted by Crippen LogP contribution is 2.47. The van der Waals surface area contributed by atoms with E-state index in [9.17, 15) is 21.6 Å². The van der Waals surface area contributed by atoms with Gasteiger partial charge in [-0.25, -0.2) is 0 Å². The molecule has 11 heteroatoms. The first-order valence-corrected chi connectivity index (χ1v) is 11.8. The van der Waals surface area contributed by atoms with Crippen molar-refractivity contribution in [2.45, 2.75) is 26.3 Å². The van der Waals surface area contributed by atoms with Gasteiger partial charge >= 0.3 is 15.6 Å². The van der Waals surface area contributed by atoms with E-state index in [-0.39, 0.29) is 26.0 Å². The van der Waals surface area contributed by atoms with Crippen molar-refractivity contribution in [2.24, 2.45) is 5.92 Å². The number of ether oxygens (including phenoxy) is 3. The molecular weight excluding hydrogens is 456 g/mol. The van der Waals surface area contributed by atoms with Crippen LogP contribution in [0.5, 0.6) is 23.0 Å². The average molecular weight is 480 g/mol. The second-order valence-corrected chi connectivity index (χ2v) is 9.71. The lowest BCUT2D eigenvalue weighted by Gasteiger charge is -2.17. The molecule has 0 bridgehead atoms. The van der Waals surface area contributed by atoms with Crippen LogP contribution >= 0.6 is 8.58 Å². The van der Waals surface area contributed by atoms with Crippen LogP contribution in [0.2, 0.25) is 0 Å². The molecule has 2 aromatic carbocycles. The van der Waals surface area contributed by atoms with Crippen LogP contribution in [0.15, 0.2) is 30.3 Å². The smallest absolute Gasteiger partial charge is 0.496 e. The molecule has 0 aromatic heterocycles. The average Bonchev–Trinajstić information content (AvgIpc) is 3.16. The molecule has 0 aliphatic carbocycles. The van der Waals surface area contributed by atoms with Crippen molar-refractivity contribution < 1.29 is 40.0 Å². The normalized spacial score (nSPS) is 13.8. The number of halogens is 3. The molecule has 2 aromatic rings. The summed E-state index contributed by atoms with van der Waals surface area (Å²) in [5, 5.41) is 0.258. The number of alkyl halides is 3. The van der Waals surface area contributed by atoms with Gasteiger partial charge < -0.3 is 18.4 Å². The molecule has 1 aliphatic rings. The Kier molecular flexibility index (Phi) is 8.05. The third-order valence-electron chi connectivity index (χ3n) is 3.77. The van der Waals surface area contributed by atoms with Crippen LogP contribution in [0.3, 0.4) is 0 Å². The molecule has 0 saturated carbocycles. The lowest BCUT2D eigenvalue weighted by atomic mass is 10.0. The van der Waals surface area contributed by atoms with Gasteiger partial charge in [0.2, 0.25) is 0 Å². The van der Waals surface area contributed by atoms with E-state index < -0.39 is 21.4 Å². The summed E-state index contributed by atoms with van der Waals surface area (Å²) < 4.78 is 81.2. The van der Waals surface area contributed by atoms with Crippen LogP contribution in [0.25, 0.3) is 11.1 Å². The maximum absolute atomic E-state index is 12.6. The predicted octanol–water partition coefficient (Wildman–Crippen LogP) is 4.92. The lowest BCUT2D eigenvalue weighted by Crippen LogP contribution is -2.29. The van der Waals surface area contributed by atoms with E-state index in [1.54, 1.807) is 18.2 Å². The SMILES string of the molecule is CC(C)C.COc1cccc(OC)c1-c1ccc(OS(=O)(=O)C(F)(F)F)c2c1OCP2.